The molecule has 16 heavy (non-hydrogen) atoms. The number of likely N-dealkylation sites (N-methyl/N-ethyl adjacent to an activating group) is 1. The molecule has 1 aliphatic rings. The van der Waals surface area contributed by atoms with Crippen molar-refractivity contribution in [3.05, 3.63) is 4.91 Å². The Balaban J connectivity index is 2.20. The maximum atomic E-state index is 11.7. The Morgan fingerprint density at radius 3 is 2.31 bits per heavy atom. The van der Waals surface area contributed by atoms with Gasteiger partial charge in [0.1, 0.15) is 0 Å². The molecule has 0 aromatic rings. The lowest BCUT2D eigenvalue weighted by Crippen LogP contribution is -2.47. The predicted molar refractivity (Wildman–Crippen MR) is 58.7 cm³/mol. The van der Waals surface area contributed by atoms with Gasteiger partial charge in [-0.05, 0) is 13.5 Å². The second kappa shape index (κ2) is 6.32. The molecule has 90 valence electrons. The van der Waals surface area contributed by atoms with Gasteiger partial charge in [-0.25, -0.2) is 0 Å². The van der Waals surface area contributed by atoms with Crippen molar-refractivity contribution in [1.29, 1.82) is 0 Å². The Labute approximate surface area is 94.6 Å². The molecule has 2 amide bonds. The van der Waals surface area contributed by atoms with Gasteiger partial charge < -0.3 is 9.80 Å². The van der Waals surface area contributed by atoms with E-state index in [9.17, 15) is 14.5 Å². The molecule has 1 heterocycles. The molecule has 6 nitrogen and oxygen atoms in total. The Hall–Kier alpha value is -1.30. The zero-order valence-electron chi connectivity index (χ0n) is 9.52. The predicted octanol–water partition coefficient (Wildman–Crippen LogP) is 0.224. The van der Waals surface area contributed by atoms with Crippen LogP contribution < -0.4 is 0 Å². The first kappa shape index (κ1) is 12.8. The summed E-state index contributed by atoms with van der Waals surface area (Å²) in [5, 5.41) is 2.29. The molecule has 1 rings (SSSR count). The van der Waals surface area contributed by atoms with Crippen molar-refractivity contribution in [2.24, 2.45) is 5.18 Å². The van der Waals surface area contributed by atoms with Crippen LogP contribution in [0, 0.1) is 4.91 Å². The zero-order valence-corrected chi connectivity index (χ0v) is 9.52. The van der Waals surface area contributed by atoms with E-state index in [-0.39, 0.29) is 12.3 Å². The van der Waals surface area contributed by atoms with Crippen LogP contribution in [0.2, 0.25) is 0 Å². The van der Waals surface area contributed by atoms with Crippen LogP contribution in [0.25, 0.3) is 0 Å². The number of hydrogen-bond donors (Lipinski definition) is 0. The molecule has 0 spiro atoms. The van der Waals surface area contributed by atoms with Crippen LogP contribution in [-0.4, -0.2) is 54.8 Å². The maximum absolute atomic E-state index is 11.7. The van der Waals surface area contributed by atoms with Crippen molar-refractivity contribution in [1.82, 2.24) is 9.80 Å². The molecule has 0 saturated carbocycles. The van der Waals surface area contributed by atoms with Gasteiger partial charge in [0.15, 0.2) is 0 Å². The first-order valence-corrected chi connectivity index (χ1v) is 5.46. The molecule has 0 aromatic carbocycles. The van der Waals surface area contributed by atoms with Crippen LogP contribution in [0.15, 0.2) is 5.18 Å². The second-order valence-electron chi connectivity index (χ2n) is 4.02. The van der Waals surface area contributed by atoms with Crippen LogP contribution in [0.4, 0.5) is 0 Å². The van der Waals surface area contributed by atoms with E-state index >= 15 is 0 Å². The van der Waals surface area contributed by atoms with Crippen LogP contribution in [0.1, 0.15) is 19.3 Å². The number of nitroso groups, excluding NO2 is 1. The van der Waals surface area contributed by atoms with E-state index < -0.39 is 5.91 Å². The summed E-state index contributed by atoms with van der Waals surface area (Å²) in [6.07, 6.45) is 0.809. The monoisotopic (exact) mass is 227 g/mol. The summed E-state index contributed by atoms with van der Waals surface area (Å²) in [4.78, 5) is 36.1. The maximum Gasteiger partial charge on any atom is 0.286 e. The Morgan fingerprint density at radius 2 is 1.75 bits per heavy atom. The molecule has 0 unspecified atom stereocenters. The van der Waals surface area contributed by atoms with Gasteiger partial charge in [-0.2, -0.15) is 0 Å². The summed E-state index contributed by atoms with van der Waals surface area (Å²) in [5.41, 5.74) is 0. The summed E-state index contributed by atoms with van der Waals surface area (Å²) in [6, 6.07) is 0. The van der Waals surface area contributed by atoms with Gasteiger partial charge in [0, 0.05) is 44.2 Å². The summed E-state index contributed by atoms with van der Waals surface area (Å²) in [6.45, 7) is 3.27. The van der Waals surface area contributed by atoms with E-state index in [0.717, 1.165) is 26.2 Å². The Morgan fingerprint density at radius 1 is 1.12 bits per heavy atom. The van der Waals surface area contributed by atoms with Crippen molar-refractivity contribution >= 4 is 11.8 Å². The van der Waals surface area contributed by atoms with Crippen molar-refractivity contribution in [3.8, 4) is 0 Å². The number of piperazine rings is 1. The highest BCUT2D eigenvalue weighted by molar-refractivity contribution is 5.79. The lowest BCUT2D eigenvalue weighted by Gasteiger charge is -2.32. The van der Waals surface area contributed by atoms with Crippen LogP contribution in [-0.2, 0) is 9.59 Å². The number of carbonyl (C=O) groups excluding carboxylic acids is 2. The SMILES string of the molecule is CN1CCN(C(=O)CCCC(=O)N=O)CC1. The minimum absolute atomic E-state index is 0.0619. The normalized spacial score (nSPS) is 17.2. The zero-order chi connectivity index (χ0) is 12.0. The average Bonchev–Trinajstić information content (AvgIpc) is 2.29. The fraction of sp³-hybridized carbons (Fsp3) is 0.800. The molecule has 0 atom stereocenters. The van der Waals surface area contributed by atoms with E-state index in [1.165, 1.54) is 0 Å². The topological polar surface area (TPSA) is 70.1 Å². The molecule has 1 saturated heterocycles. The number of hydrogen-bond acceptors (Lipinski definition) is 4. The van der Waals surface area contributed by atoms with Gasteiger partial charge in [0.05, 0.1) is 0 Å². The molecule has 6 heteroatoms. The van der Waals surface area contributed by atoms with Gasteiger partial charge in [0.25, 0.3) is 5.91 Å². The van der Waals surface area contributed by atoms with E-state index in [0.29, 0.717) is 12.8 Å². The largest absolute Gasteiger partial charge is 0.340 e. The summed E-state index contributed by atoms with van der Waals surface area (Å²) >= 11 is 0. The second-order valence-corrected chi connectivity index (χ2v) is 4.02. The number of rotatable bonds is 4. The summed E-state index contributed by atoms with van der Waals surface area (Å²) in [7, 11) is 2.02. The molecule has 0 N–H and O–H groups in total. The minimum Gasteiger partial charge on any atom is -0.340 e. The molecule has 0 bridgehead atoms. The van der Waals surface area contributed by atoms with Crippen LogP contribution in [0.3, 0.4) is 0 Å². The van der Waals surface area contributed by atoms with E-state index in [1.54, 1.807) is 4.90 Å². The molecule has 0 radical (unpaired) electrons. The first-order chi connectivity index (χ1) is 7.63. The van der Waals surface area contributed by atoms with Crippen molar-refractivity contribution in [2.75, 3.05) is 33.2 Å². The molecular formula is C10H17N3O3. The molecular weight excluding hydrogens is 210 g/mol. The number of carbonyl (C=O) groups is 2. The third-order valence-corrected chi connectivity index (χ3v) is 2.74. The van der Waals surface area contributed by atoms with E-state index in [1.807, 2.05) is 7.05 Å². The van der Waals surface area contributed by atoms with Crippen molar-refractivity contribution in [2.45, 2.75) is 19.3 Å². The van der Waals surface area contributed by atoms with Crippen molar-refractivity contribution in [3.63, 3.8) is 0 Å². The molecule has 0 aliphatic carbocycles. The quantitative estimate of drug-likeness (QED) is 0.644. The highest BCUT2D eigenvalue weighted by atomic mass is 16.3. The fourth-order valence-corrected chi connectivity index (χ4v) is 1.65. The molecule has 1 aliphatic heterocycles. The number of nitrogens with zero attached hydrogens (tertiary/aromatic N) is 3. The molecule has 0 aromatic heterocycles. The van der Waals surface area contributed by atoms with Crippen LogP contribution in [0.5, 0.6) is 0 Å². The van der Waals surface area contributed by atoms with Gasteiger partial charge >= 0.3 is 0 Å². The first-order valence-electron chi connectivity index (χ1n) is 5.46. The van der Waals surface area contributed by atoms with E-state index in [4.69, 9.17) is 0 Å². The highest BCUT2D eigenvalue weighted by Crippen LogP contribution is 2.05. The third-order valence-electron chi connectivity index (χ3n) is 2.74. The third kappa shape index (κ3) is 4.06. The lowest BCUT2D eigenvalue weighted by molar-refractivity contribution is -0.132. The molecule has 1 fully saturated rings. The van der Waals surface area contributed by atoms with Gasteiger partial charge in [0.2, 0.25) is 5.91 Å². The highest BCUT2D eigenvalue weighted by Gasteiger charge is 2.18. The Kier molecular flexibility index (Phi) is 5.04. The van der Waals surface area contributed by atoms with Gasteiger partial charge in [-0.3, -0.25) is 9.59 Å². The summed E-state index contributed by atoms with van der Waals surface area (Å²) in [5.74, 6) is -0.613. The van der Waals surface area contributed by atoms with Gasteiger partial charge in [-0.1, -0.05) is 0 Å². The number of amides is 2. The fourth-order valence-electron chi connectivity index (χ4n) is 1.65. The van der Waals surface area contributed by atoms with Crippen LogP contribution >= 0.6 is 0 Å². The van der Waals surface area contributed by atoms with Gasteiger partial charge in [-0.15, -0.1) is 4.91 Å². The summed E-state index contributed by atoms with van der Waals surface area (Å²) < 4.78 is 0. The smallest absolute Gasteiger partial charge is 0.286 e. The van der Waals surface area contributed by atoms with Crippen molar-refractivity contribution < 1.29 is 9.59 Å². The minimum atomic E-state index is -0.675. The standard InChI is InChI=1S/C10H17N3O3/c1-12-5-7-13(8-6-12)10(15)4-2-3-9(14)11-16/h2-8H2,1H3. The lowest BCUT2D eigenvalue weighted by atomic mass is 10.2. The average molecular weight is 227 g/mol. The Bertz CT molecular complexity index is 272. The van der Waals surface area contributed by atoms with E-state index in [2.05, 4.69) is 10.1 Å².